The third-order valence-corrected chi connectivity index (χ3v) is 3.96. The van der Waals surface area contributed by atoms with Crippen molar-refractivity contribution in [1.29, 1.82) is 0 Å². The molecule has 0 saturated heterocycles. The maximum absolute atomic E-state index is 12.7. The van der Waals surface area contributed by atoms with Gasteiger partial charge in [0.25, 0.3) is 5.91 Å². The summed E-state index contributed by atoms with van der Waals surface area (Å²) in [6.45, 7) is 8.09. The second kappa shape index (κ2) is 5.12. The Morgan fingerprint density at radius 2 is 1.94 bits per heavy atom. The zero-order valence-electron chi connectivity index (χ0n) is 11.8. The van der Waals surface area contributed by atoms with Crippen LogP contribution in [0.2, 0.25) is 0 Å². The number of hydrogen-bond acceptors (Lipinski definition) is 2. The number of carbonyl (C=O) groups excluding carboxylic acids is 1. The molecule has 1 heterocycles. The summed E-state index contributed by atoms with van der Waals surface area (Å²) in [5.41, 5.74) is 2.55. The summed E-state index contributed by atoms with van der Waals surface area (Å²) < 4.78 is 0. The Bertz CT molecular complexity index is 430. The largest absolute Gasteiger partial charge is 0.332 e. The average Bonchev–Trinajstić information content (AvgIpc) is 2.91. The van der Waals surface area contributed by atoms with Gasteiger partial charge in [-0.2, -0.15) is 5.10 Å². The van der Waals surface area contributed by atoms with Crippen molar-refractivity contribution in [3.63, 3.8) is 0 Å². The SMILES string of the molecule is Cc1[nH]nc(C(=O)N(C(C)C)C2CCCC2)c1C. The van der Waals surface area contributed by atoms with Gasteiger partial charge in [-0.05, 0) is 40.5 Å². The molecular weight excluding hydrogens is 226 g/mol. The minimum absolute atomic E-state index is 0.0822. The fraction of sp³-hybridized carbons (Fsp3) is 0.714. The van der Waals surface area contributed by atoms with Crippen LogP contribution in [0.15, 0.2) is 0 Å². The number of rotatable bonds is 3. The second-order valence-corrected chi connectivity index (χ2v) is 5.57. The van der Waals surface area contributed by atoms with Crippen LogP contribution in [0.4, 0.5) is 0 Å². The highest BCUT2D eigenvalue weighted by Gasteiger charge is 2.31. The number of nitrogens with zero attached hydrogens (tertiary/aromatic N) is 2. The molecule has 0 spiro atoms. The molecule has 100 valence electrons. The Kier molecular flexibility index (Phi) is 3.73. The first-order chi connectivity index (χ1) is 8.52. The van der Waals surface area contributed by atoms with Crippen molar-refractivity contribution in [2.45, 2.75) is 65.5 Å². The van der Waals surface area contributed by atoms with E-state index in [9.17, 15) is 4.79 Å². The molecule has 1 aromatic heterocycles. The lowest BCUT2D eigenvalue weighted by Crippen LogP contribution is -2.44. The normalized spacial score (nSPS) is 16.5. The Labute approximate surface area is 109 Å². The summed E-state index contributed by atoms with van der Waals surface area (Å²) >= 11 is 0. The average molecular weight is 249 g/mol. The van der Waals surface area contributed by atoms with Crippen molar-refractivity contribution in [2.75, 3.05) is 0 Å². The molecule has 0 unspecified atom stereocenters. The van der Waals surface area contributed by atoms with Crippen LogP contribution in [0.3, 0.4) is 0 Å². The molecule has 0 aromatic carbocycles. The summed E-state index contributed by atoms with van der Waals surface area (Å²) in [6.07, 6.45) is 4.73. The predicted octanol–water partition coefficient (Wildman–Crippen LogP) is 2.82. The summed E-state index contributed by atoms with van der Waals surface area (Å²) in [4.78, 5) is 14.7. The third kappa shape index (κ3) is 2.28. The number of aromatic nitrogens is 2. The van der Waals surface area contributed by atoms with Crippen LogP contribution in [0, 0.1) is 13.8 Å². The van der Waals surface area contributed by atoms with Gasteiger partial charge in [0.05, 0.1) is 0 Å². The Morgan fingerprint density at radius 1 is 1.33 bits per heavy atom. The second-order valence-electron chi connectivity index (χ2n) is 5.57. The molecule has 4 nitrogen and oxygen atoms in total. The van der Waals surface area contributed by atoms with Crippen LogP contribution >= 0.6 is 0 Å². The van der Waals surface area contributed by atoms with E-state index in [1.54, 1.807) is 0 Å². The number of carbonyl (C=O) groups is 1. The molecule has 1 aromatic rings. The molecule has 1 aliphatic carbocycles. The Hall–Kier alpha value is -1.32. The van der Waals surface area contributed by atoms with Gasteiger partial charge in [0.15, 0.2) is 5.69 Å². The first-order valence-corrected chi connectivity index (χ1v) is 6.86. The van der Waals surface area contributed by atoms with Crippen molar-refractivity contribution in [2.24, 2.45) is 0 Å². The van der Waals surface area contributed by atoms with Gasteiger partial charge in [-0.3, -0.25) is 9.89 Å². The number of nitrogens with one attached hydrogen (secondary N) is 1. The van der Waals surface area contributed by atoms with E-state index in [0.717, 1.165) is 24.1 Å². The van der Waals surface area contributed by atoms with E-state index >= 15 is 0 Å². The molecule has 1 saturated carbocycles. The van der Waals surface area contributed by atoms with Crippen LogP contribution in [0.5, 0.6) is 0 Å². The monoisotopic (exact) mass is 249 g/mol. The van der Waals surface area contributed by atoms with Crippen molar-refractivity contribution in [1.82, 2.24) is 15.1 Å². The standard InChI is InChI=1S/C14H23N3O/c1-9(2)17(12-7-5-6-8-12)14(18)13-10(3)11(4)15-16-13/h9,12H,5-8H2,1-4H3,(H,15,16). The maximum Gasteiger partial charge on any atom is 0.275 e. The van der Waals surface area contributed by atoms with Gasteiger partial charge in [-0.15, -0.1) is 0 Å². The van der Waals surface area contributed by atoms with E-state index in [4.69, 9.17) is 0 Å². The van der Waals surface area contributed by atoms with Crippen LogP contribution in [-0.2, 0) is 0 Å². The van der Waals surface area contributed by atoms with E-state index in [1.165, 1.54) is 12.8 Å². The van der Waals surface area contributed by atoms with Crippen LogP contribution < -0.4 is 0 Å². The number of aryl methyl sites for hydroxylation is 1. The third-order valence-electron chi connectivity index (χ3n) is 3.96. The molecule has 0 radical (unpaired) electrons. The highest BCUT2D eigenvalue weighted by atomic mass is 16.2. The van der Waals surface area contributed by atoms with E-state index < -0.39 is 0 Å². The highest BCUT2D eigenvalue weighted by molar-refractivity contribution is 5.94. The van der Waals surface area contributed by atoms with Crippen LogP contribution in [0.25, 0.3) is 0 Å². The fourth-order valence-corrected chi connectivity index (χ4v) is 2.82. The molecule has 4 heteroatoms. The predicted molar refractivity (Wildman–Crippen MR) is 71.6 cm³/mol. The molecule has 1 N–H and O–H groups in total. The molecule has 0 bridgehead atoms. The van der Waals surface area contributed by atoms with Crippen molar-refractivity contribution >= 4 is 5.91 Å². The summed E-state index contributed by atoms with van der Waals surface area (Å²) in [5.74, 6) is 0.0822. The molecule has 2 rings (SSSR count). The molecular formula is C14H23N3O. The lowest BCUT2D eigenvalue weighted by atomic mass is 10.1. The Balaban J connectivity index is 2.25. The van der Waals surface area contributed by atoms with E-state index in [1.807, 2.05) is 18.7 Å². The fourth-order valence-electron chi connectivity index (χ4n) is 2.82. The molecule has 1 amide bonds. The summed E-state index contributed by atoms with van der Waals surface area (Å²) in [5, 5.41) is 7.08. The topological polar surface area (TPSA) is 49.0 Å². The van der Waals surface area contributed by atoms with Gasteiger partial charge in [0.2, 0.25) is 0 Å². The number of hydrogen-bond donors (Lipinski definition) is 1. The van der Waals surface area contributed by atoms with Gasteiger partial charge in [0, 0.05) is 23.3 Å². The number of amides is 1. The first-order valence-electron chi connectivity index (χ1n) is 6.86. The van der Waals surface area contributed by atoms with Gasteiger partial charge < -0.3 is 4.90 Å². The number of H-pyrrole nitrogens is 1. The minimum Gasteiger partial charge on any atom is -0.332 e. The molecule has 1 aliphatic rings. The van der Waals surface area contributed by atoms with Crippen molar-refractivity contribution in [3.8, 4) is 0 Å². The first kappa shape index (κ1) is 13.1. The minimum atomic E-state index is 0.0822. The van der Waals surface area contributed by atoms with Gasteiger partial charge in [0.1, 0.15) is 0 Å². The molecule has 18 heavy (non-hydrogen) atoms. The van der Waals surface area contributed by atoms with Crippen LogP contribution in [-0.4, -0.2) is 33.1 Å². The summed E-state index contributed by atoms with van der Waals surface area (Å²) in [6, 6.07) is 0.630. The van der Waals surface area contributed by atoms with Gasteiger partial charge >= 0.3 is 0 Å². The summed E-state index contributed by atoms with van der Waals surface area (Å²) in [7, 11) is 0. The molecule has 0 atom stereocenters. The smallest absolute Gasteiger partial charge is 0.275 e. The lowest BCUT2D eigenvalue weighted by Gasteiger charge is -2.32. The Morgan fingerprint density at radius 3 is 2.39 bits per heavy atom. The zero-order chi connectivity index (χ0) is 13.3. The quantitative estimate of drug-likeness (QED) is 0.895. The van der Waals surface area contributed by atoms with Crippen molar-refractivity contribution < 1.29 is 4.79 Å². The zero-order valence-corrected chi connectivity index (χ0v) is 11.8. The van der Waals surface area contributed by atoms with Crippen LogP contribution in [0.1, 0.15) is 61.3 Å². The van der Waals surface area contributed by atoms with Gasteiger partial charge in [-0.25, -0.2) is 0 Å². The highest BCUT2D eigenvalue weighted by Crippen LogP contribution is 2.27. The number of aromatic amines is 1. The lowest BCUT2D eigenvalue weighted by molar-refractivity contribution is 0.0606. The van der Waals surface area contributed by atoms with E-state index in [2.05, 4.69) is 24.0 Å². The molecule has 1 fully saturated rings. The van der Waals surface area contributed by atoms with Crippen molar-refractivity contribution in [3.05, 3.63) is 17.0 Å². The van der Waals surface area contributed by atoms with Gasteiger partial charge in [-0.1, -0.05) is 12.8 Å². The van der Waals surface area contributed by atoms with E-state index in [0.29, 0.717) is 11.7 Å². The van der Waals surface area contributed by atoms with E-state index in [-0.39, 0.29) is 11.9 Å². The maximum atomic E-state index is 12.7. The molecule has 0 aliphatic heterocycles.